The van der Waals surface area contributed by atoms with Crippen molar-refractivity contribution < 1.29 is 14.7 Å². The number of nitrogens with zero attached hydrogens (tertiary/aromatic N) is 3. The molecule has 0 aromatic rings. The van der Waals surface area contributed by atoms with Crippen LogP contribution in [0.2, 0.25) is 0 Å². The van der Waals surface area contributed by atoms with Crippen molar-refractivity contribution in [3.8, 4) is 0 Å². The molecule has 2 amide bonds. The Hall–Kier alpha value is -1.50. The molecular formula is C9H20N4O3. The fraction of sp³-hybridized carbons (Fsp3) is 0.778. The second kappa shape index (κ2) is 7.75. The van der Waals surface area contributed by atoms with Gasteiger partial charge in [0.1, 0.15) is 5.84 Å². The van der Waals surface area contributed by atoms with Gasteiger partial charge in [-0.05, 0) is 0 Å². The lowest BCUT2D eigenvalue weighted by atomic mass is 10.3. The van der Waals surface area contributed by atoms with E-state index in [1.54, 1.807) is 26.1 Å². The van der Waals surface area contributed by atoms with E-state index >= 15 is 0 Å². The van der Waals surface area contributed by atoms with Crippen LogP contribution in [0.1, 0.15) is 6.42 Å². The zero-order chi connectivity index (χ0) is 12.6. The third-order valence-electron chi connectivity index (χ3n) is 1.98. The molecule has 0 aliphatic carbocycles. The molecule has 7 nitrogen and oxygen atoms in total. The maximum Gasteiger partial charge on any atom is 0.319 e. The number of rotatable bonds is 6. The lowest BCUT2D eigenvalue weighted by Crippen LogP contribution is -2.42. The monoisotopic (exact) mass is 232 g/mol. The number of hydrogen-bond acceptors (Lipinski definition) is 4. The zero-order valence-corrected chi connectivity index (χ0v) is 10.0. The quantitative estimate of drug-likeness (QED) is 0.286. The molecule has 0 rings (SSSR count). The van der Waals surface area contributed by atoms with Crippen molar-refractivity contribution in [3.05, 3.63) is 0 Å². The Balaban J connectivity index is 4.25. The summed E-state index contributed by atoms with van der Waals surface area (Å²) in [6.07, 6.45) is 0.333. The van der Waals surface area contributed by atoms with E-state index < -0.39 is 0 Å². The molecule has 0 saturated carbocycles. The van der Waals surface area contributed by atoms with Gasteiger partial charge in [0.2, 0.25) is 0 Å². The van der Waals surface area contributed by atoms with Gasteiger partial charge in [-0.1, -0.05) is 5.16 Å². The van der Waals surface area contributed by atoms with E-state index in [1.807, 2.05) is 0 Å². The molecule has 0 aliphatic heterocycles. The molecule has 0 spiro atoms. The molecule has 0 radical (unpaired) electrons. The summed E-state index contributed by atoms with van der Waals surface area (Å²) >= 11 is 0. The molecule has 0 aliphatic rings. The van der Waals surface area contributed by atoms with Crippen molar-refractivity contribution in [1.82, 2.24) is 9.80 Å². The number of carbonyl (C=O) groups is 1. The number of hydrogen-bond donors (Lipinski definition) is 2. The number of amidine groups is 1. The van der Waals surface area contributed by atoms with Crippen LogP contribution in [-0.4, -0.2) is 67.8 Å². The van der Waals surface area contributed by atoms with Crippen LogP contribution in [0.4, 0.5) is 4.79 Å². The van der Waals surface area contributed by atoms with Gasteiger partial charge in [-0.15, -0.1) is 0 Å². The summed E-state index contributed by atoms with van der Waals surface area (Å²) in [7, 11) is 4.92. The van der Waals surface area contributed by atoms with Crippen molar-refractivity contribution in [2.75, 3.05) is 40.9 Å². The molecule has 0 aromatic heterocycles. The van der Waals surface area contributed by atoms with Crippen LogP contribution in [0, 0.1) is 0 Å². The van der Waals surface area contributed by atoms with Crippen molar-refractivity contribution in [2.24, 2.45) is 10.9 Å². The Morgan fingerprint density at radius 1 is 1.44 bits per heavy atom. The van der Waals surface area contributed by atoms with Gasteiger partial charge >= 0.3 is 6.03 Å². The average molecular weight is 232 g/mol. The maximum absolute atomic E-state index is 11.7. The van der Waals surface area contributed by atoms with E-state index in [0.29, 0.717) is 26.1 Å². The van der Waals surface area contributed by atoms with Crippen molar-refractivity contribution in [1.29, 1.82) is 0 Å². The zero-order valence-electron chi connectivity index (χ0n) is 10.0. The summed E-state index contributed by atoms with van der Waals surface area (Å²) < 4.78 is 4.91. The topological polar surface area (TPSA) is 91.4 Å². The fourth-order valence-corrected chi connectivity index (χ4v) is 1.09. The normalized spacial score (nSPS) is 11.3. The molecule has 0 fully saturated rings. The van der Waals surface area contributed by atoms with Crippen molar-refractivity contribution in [2.45, 2.75) is 6.42 Å². The van der Waals surface area contributed by atoms with Crippen LogP contribution < -0.4 is 5.73 Å². The predicted molar refractivity (Wildman–Crippen MR) is 60.6 cm³/mol. The van der Waals surface area contributed by atoms with Gasteiger partial charge in [-0.25, -0.2) is 4.79 Å². The average Bonchev–Trinajstić information content (AvgIpc) is 2.27. The highest BCUT2D eigenvalue weighted by molar-refractivity contribution is 5.80. The minimum Gasteiger partial charge on any atom is -0.409 e. The predicted octanol–water partition coefficient (Wildman–Crippen LogP) is -0.247. The summed E-state index contributed by atoms with van der Waals surface area (Å²) in [5, 5.41) is 11.3. The third kappa shape index (κ3) is 5.40. The van der Waals surface area contributed by atoms with Gasteiger partial charge in [-0.2, -0.15) is 0 Å². The van der Waals surface area contributed by atoms with Crippen LogP contribution in [0.5, 0.6) is 0 Å². The molecule has 0 aromatic carbocycles. The van der Waals surface area contributed by atoms with E-state index in [-0.39, 0.29) is 11.9 Å². The first-order chi connectivity index (χ1) is 7.52. The number of ether oxygens (including phenoxy) is 1. The molecule has 0 atom stereocenters. The van der Waals surface area contributed by atoms with Crippen molar-refractivity contribution in [3.63, 3.8) is 0 Å². The minimum atomic E-state index is -0.122. The first-order valence-electron chi connectivity index (χ1n) is 4.94. The molecule has 94 valence electrons. The molecule has 0 heterocycles. The first-order valence-corrected chi connectivity index (χ1v) is 4.94. The highest BCUT2D eigenvalue weighted by atomic mass is 16.5. The number of methoxy groups -OCH3 is 1. The Bertz CT molecular complexity index is 243. The van der Waals surface area contributed by atoms with E-state index in [1.165, 1.54) is 4.90 Å². The van der Waals surface area contributed by atoms with Crippen LogP contribution in [0.15, 0.2) is 5.16 Å². The number of oxime groups is 1. The van der Waals surface area contributed by atoms with Gasteiger partial charge < -0.3 is 25.5 Å². The Labute approximate surface area is 95.4 Å². The highest BCUT2D eigenvalue weighted by Gasteiger charge is 2.15. The highest BCUT2D eigenvalue weighted by Crippen LogP contribution is 1.97. The second-order valence-electron chi connectivity index (χ2n) is 3.50. The van der Waals surface area contributed by atoms with E-state index in [2.05, 4.69) is 5.16 Å². The number of carbonyl (C=O) groups excluding carboxylic acids is 1. The van der Waals surface area contributed by atoms with Crippen molar-refractivity contribution >= 4 is 11.9 Å². The van der Waals surface area contributed by atoms with Crippen LogP contribution in [-0.2, 0) is 4.74 Å². The van der Waals surface area contributed by atoms with Gasteiger partial charge in [0.05, 0.1) is 6.61 Å². The molecule has 7 heteroatoms. The lowest BCUT2D eigenvalue weighted by molar-refractivity contribution is 0.136. The second-order valence-corrected chi connectivity index (χ2v) is 3.50. The summed E-state index contributed by atoms with van der Waals surface area (Å²) in [6.45, 7) is 1.33. The number of urea groups is 1. The van der Waals surface area contributed by atoms with Gasteiger partial charge in [0.25, 0.3) is 0 Å². The number of nitrogens with two attached hydrogens (primary N) is 1. The summed E-state index contributed by atoms with van der Waals surface area (Å²) in [6, 6.07) is -0.122. The number of amides is 2. The Kier molecular flexibility index (Phi) is 7.02. The first kappa shape index (κ1) is 14.5. The summed E-state index contributed by atoms with van der Waals surface area (Å²) in [4.78, 5) is 14.8. The largest absolute Gasteiger partial charge is 0.409 e. The maximum atomic E-state index is 11.7. The molecule has 16 heavy (non-hydrogen) atoms. The minimum absolute atomic E-state index is 0.106. The SMILES string of the molecule is COCCN(CCC(N)=NO)C(=O)N(C)C. The summed E-state index contributed by atoms with van der Waals surface area (Å²) in [5.74, 6) is 0.106. The Morgan fingerprint density at radius 3 is 2.50 bits per heavy atom. The molecule has 0 unspecified atom stereocenters. The molecule has 0 saturated heterocycles. The molecular weight excluding hydrogens is 212 g/mol. The van der Waals surface area contributed by atoms with Crippen LogP contribution in [0.3, 0.4) is 0 Å². The van der Waals surface area contributed by atoms with E-state index in [9.17, 15) is 4.79 Å². The van der Waals surface area contributed by atoms with Gasteiger partial charge in [0.15, 0.2) is 0 Å². The fourth-order valence-electron chi connectivity index (χ4n) is 1.09. The van der Waals surface area contributed by atoms with Crippen LogP contribution in [0.25, 0.3) is 0 Å². The summed E-state index contributed by atoms with van der Waals surface area (Å²) in [5.41, 5.74) is 5.34. The molecule has 0 bridgehead atoms. The van der Waals surface area contributed by atoms with E-state index in [4.69, 9.17) is 15.7 Å². The van der Waals surface area contributed by atoms with Gasteiger partial charge in [-0.3, -0.25) is 0 Å². The van der Waals surface area contributed by atoms with Gasteiger partial charge in [0, 0.05) is 40.7 Å². The van der Waals surface area contributed by atoms with Crippen LogP contribution >= 0.6 is 0 Å². The molecule has 3 N–H and O–H groups in total. The lowest BCUT2D eigenvalue weighted by Gasteiger charge is -2.25. The smallest absolute Gasteiger partial charge is 0.319 e. The van der Waals surface area contributed by atoms with E-state index in [0.717, 1.165) is 0 Å². The Morgan fingerprint density at radius 2 is 2.06 bits per heavy atom. The standard InChI is InChI=1S/C9H20N4O3/c1-12(2)9(14)13(6-7-16-3)5-4-8(10)11-15/h15H,4-7H2,1-3H3,(H2,10,11). The third-order valence-corrected chi connectivity index (χ3v) is 1.98.